The number of hydrogen-bond donors (Lipinski definition) is 1. The Morgan fingerprint density at radius 3 is 2.59 bits per heavy atom. The molecule has 170 valence electrons. The summed E-state index contributed by atoms with van der Waals surface area (Å²) in [6.07, 6.45) is -2.42. The number of aromatic nitrogens is 2. The van der Waals surface area contributed by atoms with Crippen molar-refractivity contribution >= 4 is 40.8 Å². The molecule has 3 aromatic rings. The molecule has 0 saturated carbocycles. The van der Waals surface area contributed by atoms with Crippen LogP contribution in [-0.4, -0.2) is 36.2 Å². The molecule has 0 spiro atoms. The third-order valence-electron chi connectivity index (χ3n) is 5.45. The van der Waals surface area contributed by atoms with E-state index in [4.69, 9.17) is 4.74 Å². The molecule has 0 aliphatic carbocycles. The van der Waals surface area contributed by atoms with Gasteiger partial charge in [0.25, 0.3) is 0 Å². The van der Waals surface area contributed by atoms with E-state index in [1.54, 1.807) is 30.3 Å². The van der Waals surface area contributed by atoms with Crippen molar-refractivity contribution in [2.75, 3.05) is 29.9 Å². The largest absolute Gasteiger partial charge is 0.449 e. The van der Waals surface area contributed by atoms with Crippen molar-refractivity contribution in [2.24, 2.45) is 5.92 Å². The van der Waals surface area contributed by atoms with Crippen molar-refractivity contribution in [3.63, 3.8) is 0 Å². The Morgan fingerprint density at radius 1 is 1.22 bits per heavy atom. The van der Waals surface area contributed by atoms with Crippen molar-refractivity contribution in [1.29, 1.82) is 0 Å². The first-order chi connectivity index (χ1) is 15.3. The normalized spacial score (nSPS) is 15.1. The molecule has 0 atom stereocenters. The van der Waals surface area contributed by atoms with E-state index in [1.807, 2.05) is 23.5 Å². The lowest BCUT2D eigenvalue weighted by Gasteiger charge is -2.24. The van der Waals surface area contributed by atoms with Gasteiger partial charge in [0.05, 0.1) is 11.0 Å². The molecule has 1 saturated heterocycles. The number of anilines is 2. The highest BCUT2D eigenvalue weighted by Gasteiger charge is 2.38. The molecular weight excluding hydrogens is 441 g/mol. The average Bonchev–Trinajstić information content (AvgIpc) is 3.14. The fraction of sp³-hybridized carbons (Fsp3) is 0.364. The number of benzene rings is 2. The second-order valence-corrected chi connectivity index (χ2v) is 8.85. The van der Waals surface area contributed by atoms with Gasteiger partial charge in [0.15, 0.2) is 0 Å². The summed E-state index contributed by atoms with van der Waals surface area (Å²) in [7, 11) is 1.84. The number of amides is 1. The maximum Gasteiger partial charge on any atom is 0.449 e. The highest BCUT2D eigenvalue weighted by Crippen LogP contribution is 2.35. The third-order valence-corrected chi connectivity index (χ3v) is 6.42. The highest BCUT2D eigenvalue weighted by molar-refractivity contribution is 8.00. The Hall–Kier alpha value is -2.72. The lowest BCUT2D eigenvalue weighted by Crippen LogP contribution is -2.23. The summed E-state index contributed by atoms with van der Waals surface area (Å²) in [5.41, 5.74) is 2.22. The van der Waals surface area contributed by atoms with Crippen molar-refractivity contribution in [3.8, 4) is 0 Å². The van der Waals surface area contributed by atoms with Gasteiger partial charge in [-0.05, 0) is 73.2 Å². The fourth-order valence-corrected chi connectivity index (χ4v) is 4.59. The van der Waals surface area contributed by atoms with Gasteiger partial charge in [-0.2, -0.15) is 13.2 Å². The molecule has 1 aromatic heterocycles. The lowest BCUT2D eigenvalue weighted by molar-refractivity contribution is -0.147. The number of carbonyl (C=O) groups is 1. The van der Waals surface area contributed by atoms with E-state index in [0.717, 1.165) is 23.4 Å². The molecule has 1 aliphatic rings. The monoisotopic (exact) mass is 464 g/mol. The van der Waals surface area contributed by atoms with E-state index in [2.05, 4.69) is 10.3 Å². The van der Waals surface area contributed by atoms with Crippen LogP contribution in [-0.2, 0) is 22.3 Å². The SMILES string of the molecule is CN(Sc1ccc(NC=O)cc1)c1ccc2c(c1)nc(C(F)(F)F)n2CC1CCOCC1. The van der Waals surface area contributed by atoms with Crippen LogP contribution in [0, 0.1) is 5.92 Å². The molecule has 1 N–H and O–H groups in total. The fourth-order valence-electron chi connectivity index (χ4n) is 3.79. The molecule has 32 heavy (non-hydrogen) atoms. The molecule has 0 unspecified atom stereocenters. The zero-order valence-corrected chi connectivity index (χ0v) is 18.2. The number of fused-ring (bicyclic) bond motifs is 1. The number of carbonyl (C=O) groups excluding carboxylic acids is 1. The average molecular weight is 465 g/mol. The molecule has 10 heteroatoms. The van der Waals surface area contributed by atoms with Gasteiger partial charge in [0.1, 0.15) is 0 Å². The Bertz CT molecular complexity index is 1080. The molecular formula is C22H23F3N4O2S. The predicted octanol–water partition coefficient (Wildman–Crippen LogP) is 5.19. The molecule has 4 rings (SSSR count). The minimum absolute atomic E-state index is 0.136. The molecule has 0 bridgehead atoms. The molecule has 2 heterocycles. The number of halogens is 3. The van der Waals surface area contributed by atoms with Gasteiger partial charge in [0, 0.05) is 43.1 Å². The van der Waals surface area contributed by atoms with Crippen LogP contribution >= 0.6 is 11.9 Å². The Labute approximate surface area is 187 Å². The van der Waals surface area contributed by atoms with E-state index in [-0.39, 0.29) is 12.5 Å². The highest BCUT2D eigenvalue weighted by atomic mass is 32.2. The number of alkyl halides is 3. The first-order valence-electron chi connectivity index (χ1n) is 10.2. The van der Waals surface area contributed by atoms with E-state index in [1.165, 1.54) is 16.5 Å². The zero-order chi connectivity index (χ0) is 22.7. The van der Waals surface area contributed by atoms with Gasteiger partial charge in [-0.1, -0.05) is 0 Å². The second kappa shape index (κ2) is 9.41. The summed E-state index contributed by atoms with van der Waals surface area (Å²) in [5.74, 6) is -0.721. The molecule has 0 radical (unpaired) electrons. The Kier molecular flexibility index (Phi) is 6.61. The van der Waals surface area contributed by atoms with Gasteiger partial charge in [-0.25, -0.2) is 4.98 Å². The Morgan fingerprint density at radius 2 is 1.94 bits per heavy atom. The van der Waals surface area contributed by atoms with Crippen LogP contribution in [0.3, 0.4) is 0 Å². The minimum atomic E-state index is -4.53. The van der Waals surface area contributed by atoms with E-state index in [0.29, 0.717) is 36.3 Å². The van der Waals surface area contributed by atoms with Crippen LogP contribution in [0.4, 0.5) is 24.5 Å². The first kappa shape index (κ1) is 22.5. The number of ether oxygens (including phenoxy) is 1. The molecule has 1 amide bonds. The number of rotatable bonds is 7. The number of nitrogens with one attached hydrogen (secondary N) is 1. The summed E-state index contributed by atoms with van der Waals surface area (Å²) in [5, 5.41) is 2.58. The van der Waals surface area contributed by atoms with Gasteiger partial charge < -0.3 is 18.9 Å². The third kappa shape index (κ3) is 5.02. The lowest BCUT2D eigenvalue weighted by atomic mass is 10.0. The standard InChI is InChI=1S/C22H23F3N4O2S/c1-28(32-18-5-2-16(3-6-18)26-14-30)17-4-7-20-19(12-17)27-21(22(23,24)25)29(20)13-15-8-10-31-11-9-15/h2-7,12,14-15H,8-11,13H2,1H3,(H,26,30). The van der Waals surface area contributed by atoms with Crippen LogP contribution in [0.15, 0.2) is 47.4 Å². The minimum Gasteiger partial charge on any atom is -0.381 e. The molecule has 2 aromatic carbocycles. The Balaban J connectivity index is 1.59. The summed E-state index contributed by atoms with van der Waals surface area (Å²) < 4.78 is 49.7. The molecule has 1 fully saturated rings. The van der Waals surface area contributed by atoms with E-state index < -0.39 is 12.0 Å². The summed E-state index contributed by atoms with van der Waals surface area (Å²) in [6.45, 7) is 1.44. The zero-order valence-electron chi connectivity index (χ0n) is 17.4. The van der Waals surface area contributed by atoms with E-state index >= 15 is 0 Å². The van der Waals surface area contributed by atoms with Crippen molar-refractivity contribution in [3.05, 3.63) is 48.3 Å². The predicted molar refractivity (Wildman–Crippen MR) is 119 cm³/mol. The molecule has 1 aliphatic heterocycles. The maximum absolute atomic E-state index is 13.7. The van der Waals surface area contributed by atoms with Gasteiger partial charge >= 0.3 is 6.18 Å². The van der Waals surface area contributed by atoms with Crippen molar-refractivity contribution in [2.45, 2.75) is 30.5 Å². The van der Waals surface area contributed by atoms with Crippen LogP contribution < -0.4 is 9.62 Å². The van der Waals surface area contributed by atoms with Gasteiger partial charge in [0.2, 0.25) is 12.2 Å². The van der Waals surface area contributed by atoms with Crippen LogP contribution in [0.25, 0.3) is 11.0 Å². The van der Waals surface area contributed by atoms with E-state index in [9.17, 15) is 18.0 Å². The van der Waals surface area contributed by atoms with Crippen molar-refractivity contribution in [1.82, 2.24) is 9.55 Å². The smallest absolute Gasteiger partial charge is 0.381 e. The summed E-state index contributed by atoms with van der Waals surface area (Å²) in [4.78, 5) is 15.4. The summed E-state index contributed by atoms with van der Waals surface area (Å²) >= 11 is 1.42. The van der Waals surface area contributed by atoms with Crippen LogP contribution in [0.1, 0.15) is 18.7 Å². The quantitative estimate of drug-likeness (QED) is 0.385. The van der Waals surface area contributed by atoms with Crippen LogP contribution in [0.5, 0.6) is 0 Å². The van der Waals surface area contributed by atoms with Crippen LogP contribution in [0.2, 0.25) is 0 Å². The molecule has 6 nitrogen and oxygen atoms in total. The maximum atomic E-state index is 13.7. The first-order valence-corrected chi connectivity index (χ1v) is 11.0. The van der Waals surface area contributed by atoms with Gasteiger partial charge in [-0.3, -0.25) is 4.79 Å². The topological polar surface area (TPSA) is 59.4 Å². The van der Waals surface area contributed by atoms with Crippen molar-refractivity contribution < 1.29 is 22.7 Å². The number of imidazole rings is 1. The van der Waals surface area contributed by atoms with Gasteiger partial charge in [-0.15, -0.1) is 0 Å². The number of hydrogen-bond acceptors (Lipinski definition) is 5. The second-order valence-electron chi connectivity index (χ2n) is 7.65. The summed E-state index contributed by atoms with van der Waals surface area (Å²) in [6, 6.07) is 12.5. The number of nitrogens with zero attached hydrogens (tertiary/aromatic N) is 3.